The quantitative estimate of drug-likeness (QED) is 0.583. The van der Waals surface area contributed by atoms with E-state index in [1.54, 1.807) is 26.0 Å². The van der Waals surface area contributed by atoms with Crippen molar-refractivity contribution in [3.63, 3.8) is 0 Å². The van der Waals surface area contributed by atoms with E-state index in [0.29, 0.717) is 16.4 Å². The average Bonchev–Trinajstić information content (AvgIpc) is 2.46. The monoisotopic (exact) mass is 472 g/mol. The van der Waals surface area contributed by atoms with Crippen molar-refractivity contribution in [3.8, 4) is 5.75 Å². The summed E-state index contributed by atoms with van der Waals surface area (Å²) in [5.41, 5.74) is 1.55. The molecule has 0 aromatic heterocycles. The van der Waals surface area contributed by atoms with E-state index in [1.165, 1.54) is 6.07 Å². The minimum atomic E-state index is -4.39. The third-order valence-corrected chi connectivity index (χ3v) is 4.55. The topological polar surface area (TPSA) is 20.2 Å². The van der Waals surface area contributed by atoms with Gasteiger partial charge in [-0.05, 0) is 49.3 Å². The molecule has 0 aliphatic carbocycles. The number of phenolic OH excluding ortho intramolecular Hbond substituents is 1. The van der Waals surface area contributed by atoms with Crippen LogP contribution in [-0.2, 0) is 27.0 Å². The third kappa shape index (κ3) is 6.33. The van der Waals surface area contributed by atoms with Crippen LogP contribution >= 0.6 is 25.6 Å². The molecule has 0 amide bonds. The van der Waals surface area contributed by atoms with E-state index in [4.69, 9.17) is 17.0 Å². The van der Waals surface area contributed by atoms with Crippen molar-refractivity contribution in [2.75, 3.05) is 0 Å². The number of phenols is 1. The molecule has 2 aromatic rings. The van der Waals surface area contributed by atoms with E-state index < -0.39 is 32.6 Å². The molecule has 0 saturated carbocycles. The zero-order valence-corrected chi connectivity index (χ0v) is 18.2. The van der Waals surface area contributed by atoms with E-state index in [-0.39, 0.29) is 19.6 Å². The molecule has 0 radical (unpaired) electrons. The molecule has 0 bridgehead atoms. The van der Waals surface area contributed by atoms with Crippen LogP contribution in [0.2, 0.25) is 0 Å². The fraction of sp³-hybridized carbons (Fsp3) is 0.250. The molecule has 1 unspecified atom stereocenters. The predicted octanol–water partition coefficient (Wildman–Crippen LogP) is 5.34. The maximum absolute atomic E-state index is 13.1. The first-order valence-electron chi connectivity index (χ1n) is 6.81. The van der Waals surface area contributed by atoms with Crippen molar-refractivity contribution in [2.24, 2.45) is 0 Å². The summed E-state index contributed by atoms with van der Waals surface area (Å²) in [6, 6.07) is 7.86. The van der Waals surface area contributed by atoms with Crippen LogP contribution < -0.4 is 10.6 Å². The van der Waals surface area contributed by atoms with Crippen LogP contribution in [0.25, 0.3) is 0 Å². The number of hydrogen-bond donors (Lipinski definition) is 1. The molecule has 2 rings (SSSR count). The maximum atomic E-state index is 13.1. The Kier molecular flexibility index (Phi) is 8.76. The molecule has 1 nitrogen and oxygen atoms in total. The van der Waals surface area contributed by atoms with Crippen LogP contribution in [0.1, 0.15) is 22.3 Å². The summed E-state index contributed by atoms with van der Waals surface area (Å²) < 4.78 is 39.4. The van der Waals surface area contributed by atoms with Gasteiger partial charge < -0.3 is 5.11 Å². The van der Waals surface area contributed by atoms with E-state index in [2.05, 4.69) is 0 Å². The predicted molar refractivity (Wildman–Crippen MR) is 93.1 cm³/mol. The summed E-state index contributed by atoms with van der Waals surface area (Å²) in [4.78, 5) is 0. The summed E-state index contributed by atoms with van der Waals surface area (Å²) >= 11 is -0.826. The molecule has 1 atom stereocenters. The molecular formula is C16H16Cl2F3OPZr. The number of hydrogen-bond acceptors (Lipinski definition) is 1. The molecule has 24 heavy (non-hydrogen) atoms. The van der Waals surface area contributed by atoms with Crippen LogP contribution in [0, 0.1) is 20.8 Å². The zero-order valence-electron chi connectivity index (χ0n) is 13.2. The van der Waals surface area contributed by atoms with Gasteiger partial charge in [-0.25, -0.2) is 0 Å². The molecule has 0 spiro atoms. The molecule has 8 heteroatoms. The summed E-state index contributed by atoms with van der Waals surface area (Å²) in [6.07, 6.45) is -4.39. The second-order valence-corrected chi connectivity index (χ2v) is 10.3. The third-order valence-electron chi connectivity index (χ3n) is 3.19. The van der Waals surface area contributed by atoms with Crippen LogP contribution in [0.3, 0.4) is 0 Å². The number of halogens is 5. The Morgan fingerprint density at radius 1 is 0.958 bits per heavy atom. The van der Waals surface area contributed by atoms with Gasteiger partial charge >= 0.3 is 44.1 Å². The molecule has 1 N–H and O–H groups in total. The number of aryl methyl sites for hydroxylation is 3. The van der Waals surface area contributed by atoms with Crippen molar-refractivity contribution < 1.29 is 39.1 Å². The molecule has 2 aromatic carbocycles. The molecule has 0 aliphatic rings. The number of aromatic hydroxyl groups is 1. The Morgan fingerprint density at radius 3 is 2.08 bits per heavy atom. The molecule has 0 aliphatic heterocycles. The van der Waals surface area contributed by atoms with E-state index in [1.807, 2.05) is 13.0 Å². The van der Waals surface area contributed by atoms with Gasteiger partial charge in [0, 0.05) is 5.30 Å². The summed E-state index contributed by atoms with van der Waals surface area (Å²) in [7, 11) is 9.63. The van der Waals surface area contributed by atoms with Gasteiger partial charge in [0.05, 0.1) is 5.56 Å². The van der Waals surface area contributed by atoms with Gasteiger partial charge in [-0.1, -0.05) is 32.3 Å². The van der Waals surface area contributed by atoms with Crippen LogP contribution in [0.5, 0.6) is 5.75 Å². The van der Waals surface area contributed by atoms with Crippen LogP contribution in [0.15, 0.2) is 30.3 Å². The second kappa shape index (κ2) is 9.57. The van der Waals surface area contributed by atoms with Gasteiger partial charge in [-0.15, -0.1) is 0 Å². The van der Waals surface area contributed by atoms with Gasteiger partial charge in [0.2, 0.25) is 0 Å². The normalized spacial score (nSPS) is 11.3. The Bertz CT molecular complexity index is 708. The standard InChI is InChI=1S/C16H16F3OP.2ClH.Zr/c1-9-4-5-13(12(7-9)16(17,18)19)21-14-8-10(2)6-11(3)15(14)20;;;/h4-8,20-21H,1-3H3;2*1H;/q;;;+2/p-2. The van der Waals surface area contributed by atoms with Gasteiger partial charge in [-0.3, -0.25) is 0 Å². The molecule has 0 heterocycles. The fourth-order valence-electron chi connectivity index (χ4n) is 2.20. The molecule has 0 saturated heterocycles. The summed E-state index contributed by atoms with van der Waals surface area (Å²) in [6.45, 7) is 5.24. The first kappa shape index (κ1) is 22.0. The van der Waals surface area contributed by atoms with Crippen molar-refractivity contribution in [1.29, 1.82) is 0 Å². The van der Waals surface area contributed by atoms with Crippen molar-refractivity contribution >= 4 is 36.2 Å². The van der Waals surface area contributed by atoms with Gasteiger partial charge in [0.25, 0.3) is 0 Å². The number of benzene rings is 2. The van der Waals surface area contributed by atoms with Crippen molar-refractivity contribution in [3.05, 3.63) is 52.6 Å². The zero-order chi connectivity index (χ0) is 18.5. The number of rotatable bonds is 2. The molecule has 130 valence electrons. The Balaban J connectivity index is 0.000000891. The van der Waals surface area contributed by atoms with Crippen LogP contribution in [-0.4, -0.2) is 5.11 Å². The first-order valence-corrected chi connectivity index (χ1v) is 14.1. The van der Waals surface area contributed by atoms with E-state index in [9.17, 15) is 18.3 Å². The second-order valence-electron chi connectivity index (χ2n) is 5.22. The fourth-order valence-corrected chi connectivity index (χ4v) is 3.62. The van der Waals surface area contributed by atoms with Gasteiger partial charge in [0.15, 0.2) is 0 Å². The van der Waals surface area contributed by atoms with Crippen molar-refractivity contribution in [1.82, 2.24) is 0 Å². The van der Waals surface area contributed by atoms with Gasteiger partial charge in [-0.2, -0.15) is 13.2 Å². The first-order chi connectivity index (χ1) is 11.1. The number of alkyl halides is 3. The Hall–Kier alpha value is -0.0769. The minimum absolute atomic E-state index is 0.0765. The Morgan fingerprint density at radius 2 is 1.54 bits per heavy atom. The van der Waals surface area contributed by atoms with Gasteiger partial charge in [0.1, 0.15) is 5.75 Å². The molecular weight excluding hydrogens is 458 g/mol. The van der Waals surface area contributed by atoms with Crippen LogP contribution in [0.4, 0.5) is 13.2 Å². The Labute approximate surface area is 160 Å². The SMILES string of the molecule is Cc1cc(C)c(O)c(Pc2ccc(C)cc2C(F)(F)F)c1.[Cl][Zr][Cl]. The average molecular weight is 474 g/mol. The molecule has 0 fully saturated rings. The van der Waals surface area contributed by atoms with E-state index >= 15 is 0 Å². The summed E-state index contributed by atoms with van der Waals surface area (Å²) in [5, 5.41) is 10.8. The van der Waals surface area contributed by atoms with E-state index in [0.717, 1.165) is 11.6 Å². The van der Waals surface area contributed by atoms with Crippen molar-refractivity contribution in [2.45, 2.75) is 26.9 Å². The summed E-state index contributed by atoms with van der Waals surface area (Å²) in [5.74, 6) is 0.0765.